The van der Waals surface area contributed by atoms with Gasteiger partial charge >= 0.3 is 0 Å². The van der Waals surface area contributed by atoms with Crippen LogP contribution in [0.25, 0.3) is 0 Å². The Morgan fingerprint density at radius 1 is 1.57 bits per heavy atom. The highest BCUT2D eigenvalue weighted by Gasteiger charge is 1.91. The largest absolute Gasteiger partial charge is 0.515 e. The van der Waals surface area contributed by atoms with Crippen LogP contribution >= 0.6 is 0 Å². The second-order valence-corrected chi connectivity index (χ2v) is 1.37. The van der Waals surface area contributed by atoms with Gasteiger partial charge in [0.2, 0.25) is 0 Å². The van der Waals surface area contributed by atoms with Crippen molar-refractivity contribution in [3.8, 4) is 0 Å². The van der Waals surface area contributed by atoms with Gasteiger partial charge in [0.15, 0.2) is 5.78 Å². The number of hydrogen-bond acceptors (Lipinski definition) is 2. The molecule has 0 aromatic carbocycles. The Morgan fingerprint density at radius 3 is 2.00 bits per heavy atom. The molecule has 0 saturated heterocycles. The summed E-state index contributed by atoms with van der Waals surface area (Å²) in [5.74, 6) is -0.0949. The van der Waals surface area contributed by atoms with Crippen molar-refractivity contribution in [3.05, 3.63) is 11.8 Å². The Hall–Kier alpha value is -0.790. The number of carbonyl (C=O) groups is 1. The maximum Gasteiger partial charge on any atom is 0.158 e. The summed E-state index contributed by atoms with van der Waals surface area (Å²) in [6.45, 7) is 2.96. The Balaban J connectivity index is 3.82. The molecule has 0 amide bonds. The summed E-state index contributed by atoms with van der Waals surface area (Å²) in [6, 6.07) is 0. The Morgan fingerprint density at radius 2 is 2.00 bits per heavy atom. The molecule has 2 heteroatoms. The number of rotatable bonds is 1. The molecule has 0 aromatic rings. The minimum Gasteiger partial charge on any atom is -0.515 e. The third-order valence-electron chi connectivity index (χ3n) is 0.749. The van der Waals surface area contributed by atoms with E-state index in [0.29, 0.717) is 5.57 Å². The Kier molecular flexibility index (Phi) is 2.12. The standard InChI is InChI=1S/C5H8O2/c1-4(3-6)5(2)7/h3,6H,1-2H3/b4-3-. The number of allylic oxidation sites excluding steroid dienone is 1. The molecule has 40 valence electrons. The van der Waals surface area contributed by atoms with Gasteiger partial charge in [-0.3, -0.25) is 4.79 Å². The summed E-state index contributed by atoms with van der Waals surface area (Å²) in [6.07, 6.45) is 0.808. The lowest BCUT2D eigenvalue weighted by Crippen LogP contribution is -1.89. The number of carbonyl (C=O) groups excluding carboxylic acids is 1. The van der Waals surface area contributed by atoms with Gasteiger partial charge < -0.3 is 5.11 Å². The first-order valence-electron chi connectivity index (χ1n) is 2.00. The predicted molar refractivity (Wildman–Crippen MR) is 27.1 cm³/mol. The second-order valence-electron chi connectivity index (χ2n) is 1.37. The molecular formula is C5H8O2. The van der Waals surface area contributed by atoms with Crippen LogP contribution in [0.15, 0.2) is 11.8 Å². The first kappa shape index (κ1) is 6.21. The fourth-order valence-corrected chi connectivity index (χ4v) is 0.0909. The molecule has 0 heterocycles. The van der Waals surface area contributed by atoms with Gasteiger partial charge in [0.25, 0.3) is 0 Å². The SMILES string of the molecule is CC(=O)/C(C)=C\O. The molecule has 0 unspecified atom stereocenters. The van der Waals surface area contributed by atoms with Crippen LogP contribution < -0.4 is 0 Å². The smallest absolute Gasteiger partial charge is 0.158 e. The zero-order chi connectivity index (χ0) is 5.86. The first-order valence-corrected chi connectivity index (χ1v) is 2.00. The maximum atomic E-state index is 10.1. The van der Waals surface area contributed by atoms with E-state index in [4.69, 9.17) is 5.11 Å². The number of aliphatic hydroxyl groups excluding tert-OH is 1. The lowest BCUT2D eigenvalue weighted by Gasteiger charge is -1.84. The summed E-state index contributed by atoms with van der Waals surface area (Å²) in [5, 5.41) is 8.12. The fraction of sp³-hybridized carbons (Fsp3) is 0.400. The highest BCUT2D eigenvalue weighted by molar-refractivity contribution is 5.92. The third-order valence-corrected chi connectivity index (χ3v) is 0.749. The fourth-order valence-electron chi connectivity index (χ4n) is 0.0909. The van der Waals surface area contributed by atoms with E-state index >= 15 is 0 Å². The molecule has 0 bridgehead atoms. The van der Waals surface area contributed by atoms with E-state index in [0.717, 1.165) is 6.26 Å². The van der Waals surface area contributed by atoms with Crippen LogP contribution in [0.5, 0.6) is 0 Å². The van der Waals surface area contributed by atoms with Crippen LogP contribution in [-0.4, -0.2) is 10.9 Å². The number of hydrogen-bond donors (Lipinski definition) is 1. The zero-order valence-electron chi connectivity index (χ0n) is 4.43. The van der Waals surface area contributed by atoms with Gasteiger partial charge in [-0.2, -0.15) is 0 Å². The topological polar surface area (TPSA) is 37.3 Å². The van der Waals surface area contributed by atoms with Crippen molar-refractivity contribution in [3.63, 3.8) is 0 Å². The van der Waals surface area contributed by atoms with E-state index in [2.05, 4.69) is 0 Å². The minimum atomic E-state index is -0.0949. The van der Waals surface area contributed by atoms with Crippen molar-refractivity contribution in [2.75, 3.05) is 0 Å². The highest BCUT2D eigenvalue weighted by atomic mass is 16.2. The van der Waals surface area contributed by atoms with Gasteiger partial charge in [-0.25, -0.2) is 0 Å². The average Bonchev–Trinajstić information content (AvgIpc) is 1.65. The summed E-state index contributed by atoms with van der Waals surface area (Å²) < 4.78 is 0. The summed E-state index contributed by atoms with van der Waals surface area (Å²) in [7, 11) is 0. The molecule has 0 radical (unpaired) electrons. The molecular weight excluding hydrogens is 92.1 g/mol. The average molecular weight is 100 g/mol. The predicted octanol–water partition coefficient (Wildman–Crippen LogP) is 1.04. The lowest BCUT2D eigenvalue weighted by atomic mass is 10.2. The van der Waals surface area contributed by atoms with Crippen LogP contribution in [0.2, 0.25) is 0 Å². The van der Waals surface area contributed by atoms with Crippen molar-refractivity contribution in [2.45, 2.75) is 13.8 Å². The van der Waals surface area contributed by atoms with Gasteiger partial charge in [0.05, 0.1) is 6.26 Å². The van der Waals surface area contributed by atoms with Crippen molar-refractivity contribution >= 4 is 5.78 Å². The van der Waals surface area contributed by atoms with E-state index in [9.17, 15) is 4.79 Å². The maximum absolute atomic E-state index is 10.1. The Bertz CT molecular complexity index is 103. The zero-order valence-corrected chi connectivity index (χ0v) is 4.43. The molecule has 0 rings (SSSR count). The van der Waals surface area contributed by atoms with Gasteiger partial charge in [0.1, 0.15) is 0 Å². The highest BCUT2D eigenvalue weighted by Crippen LogP contribution is 1.88. The van der Waals surface area contributed by atoms with Crippen LogP contribution in [-0.2, 0) is 4.79 Å². The van der Waals surface area contributed by atoms with Gasteiger partial charge in [0, 0.05) is 5.57 Å². The molecule has 0 aliphatic heterocycles. The van der Waals surface area contributed by atoms with E-state index in [1.54, 1.807) is 6.92 Å². The van der Waals surface area contributed by atoms with E-state index in [1.165, 1.54) is 6.92 Å². The number of Topliss-reactive ketones (excluding diaryl/α,β-unsaturated/α-hetero) is 1. The summed E-state index contributed by atoms with van der Waals surface area (Å²) in [4.78, 5) is 10.1. The van der Waals surface area contributed by atoms with E-state index < -0.39 is 0 Å². The quantitative estimate of drug-likeness (QED) is 0.395. The monoisotopic (exact) mass is 100 g/mol. The third kappa shape index (κ3) is 1.98. The number of ketones is 1. The van der Waals surface area contributed by atoms with Crippen molar-refractivity contribution in [1.29, 1.82) is 0 Å². The van der Waals surface area contributed by atoms with Crippen LogP contribution in [0.4, 0.5) is 0 Å². The molecule has 0 aliphatic carbocycles. The molecule has 7 heavy (non-hydrogen) atoms. The molecule has 0 atom stereocenters. The van der Waals surface area contributed by atoms with Gasteiger partial charge in [-0.1, -0.05) is 0 Å². The molecule has 1 N–H and O–H groups in total. The first-order chi connectivity index (χ1) is 3.18. The molecule has 2 nitrogen and oxygen atoms in total. The van der Waals surface area contributed by atoms with Gasteiger partial charge in [-0.15, -0.1) is 0 Å². The van der Waals surface area contributed by atoms with E-state index in [-0.39, 0.29) is 5.78 Å². The normalized spacial score (nSPS) is 11.4. The Labute approximate surface area is 42.5 Å². The van der Waals surface area contributed by atoms with Crippen molar-refractivity contribution in [2.24, 2.45) is 0 Å². The van der Waals surface area contributed by atoms with Crippen LogP contribution in [0, 0.1) is 0 Å². The summed E-state index contributed by atoms with van der Waals surface area (Å²) in [5.41, 5.74) is 0.389. The molecule has 0 fully saturated rings. The van der Waals surface area contributed by atoms with Crippen LogP contribution in [0.3, 0.4) is 0 Å². The van der Waals surface area contributed by atoms with E-state index in [1.807, 2.05) is 0 Å². The minimum absolute atomic E-state index is 0.0949. The summed E-state index contributed by atoms with van der Waals surface area (Å²) >= 11 is 0. The molecule has 0 spiro atoms. The van der Waals surface area contributed by atoms with Crippen molar-refractivity contribution in [1.82, 2.24) is 0 Å². The molecule has 0 aromatic heterocycles. The van der Waals surface area contributed by atoms with Crippen LogP contribution in [0.1, 0.15) is 13.8 Å². The number of aliphatic hydroxyl groups is 1. The molecule has 0 saturated carbocycles. The second kappa shape index (κ2) is 2.39. The van der Waals surface area contributed by atoms with Crippen molar-refractivity contribution < 1.29 is 9.90 Å². The van der Waals surface area contributed by atoms with Gasteiger partial charge in [-0.05, 0) is 13.8 Å². The molecule has 0 aliphatic rings. The lowest BCUT2D eigenvalue weighted by molar-refractivity contribution is -0.113.